The number of nitrogens with zero attached hydrogens (tertiary/aromatic N) is 1. The van der Waals surface area contributed by atoms with Crippen LogP contribution in [-0.2, 0) is 20.8 Å². The van der Waals surface area contributed by atoms with Gasteiger partial charge in [0, 0.05) is 9.99 Å². The van der Waals surface area contributed by atoms with E-state index in [1.165, 1.54) is 12.1 Å². The van der Waals surface area contributed by atoms with Crippen molar-refractivity contribution in [2.24, 2.45) is 0 Å². The number of nitrogens with one attached hydrogen (secondary N) is 3. The van der Waals surface area contributed by atoms with Gasteiger partial charge in [0.1, 0.15) is 11.9 Å². The highest BCUT2D eigenvalue weighted by Gasteiger charge is 2.44. The van der Waals surface area contributed by atoms with E-state index in [1.54, 1.807) is 18.2 Å². The molecule has 1 saturated heterocycles. The number of carbonyl (C=O) groups excluding carboxylic acids is 5. The molecule has 0 saturated carbocycles. The minimum absolute atomic E-state index is 0.0659. The fraction of sp³-hybridized carbons (Fsp3) is 0.324. The van der Waals surface area contributed by atoms with Crippen LogP contribution in [-0.4, -0.2) is 47.1 Å². The fourth-order valence-electron chi connectivity index (χ4n) is 5.64. The molecule has 0 bridgehead atoms. The molecule has 1 unspecified atom stereocenters. The van der Waals surface area contributed by atoms with E-state index in [0.29, 0.717) is 16.4 Å². The summed E-state index contributed by atoms with van der Waals surface area (Å²) >= 11 is 1.91. The number of hydrogen-bond acceptors (Lipinski definition) is 7. The molecule has 1 fully saturated rings. The number of unbranched alkanes of at least 4 members (excludes halogenated alkanes) is 5. The van der Waals surface area contributed by atoms with Crippen molar-refractivity contribution in [3.05, 3.63) is 91.8 Å². The minimum Gasteiger partial charge on any atom is -0.350 e. The Bertz CT molecular complexity index is 1770. The Morgan fingerprint density at radius 1 is 0.875 bits per heavy atom. The fourth-order valence-corrected chi connectivity index (χ4v) is 6.10. The van der Waals surface area contributed by atoms with Crippen LogP contribution in [0.3, 0.4) is 0 Å². The Balaban J connectivity index is 0.999. The van der Waals surface area contributed by atoms with Gasteiger partial charge in [-0.3, -0.25) is 39.0 Å². The average molecular weight is 777 g/mol. The van der Waals surface area contributed by atoms with E-state index >= 15 is 0 Å². The summed E-state index contributed by atoms with van der Waals surface area (Å²) in [6.07, 6.45) is 5.99. The van der Waals surface area contributed by atoms with E-state index in [2.05, 4.69) is 16.1 Å². The normalized spacial score (nSPS) is 15.8. The van der Waals surface area contributed by atoms with Crippen molar-refractivity contribution in [2.45, 2.75) is 63.8 Å². The van der Waals surface area contributed by atoms with Gasteiger partial charge in [-0.25, -0.2) is 18.7 Å². The Hall–Kier alpha value is -4.31. The molecule has 2 aliphatic rings. The summed E-state index contributed by atoms with van der Waals surface area (Å²) in [5.41, 5.74) is 2.78. The first-order chi connectivity index (χ1) is 23.0. The van der Waals surface area contributed by atoms with E-state index in [-0.39, 0.29) is 41.8 Å². The molecule has 14 heteroatoms. The number of benzene rings is 3. The maximum atomic E-state index is 14.6. The summed E-state index contributed by atoms with van der Waals surface area (Å²) in [4.78, 5) is 68.5. The molecule has 5 rings (SSSR count). The third-order valence-corrected chi connectivity index (χ3v) is 8.83. The van der Waals surface area contributed by atoms with Gasteiger partial charge in [0.25, 0.3) is 17.7 Å². The number of fused-ring (bicyclic) bond motifs is 1. The van der Waals surface area contributed by atoms with Crippen molar-refractivity contribution in [1.82, 2.24) is 15.7 Å². The molecule has 2 heterocycles. The Morgan fingerprint density at radius 3 is 2.35 bits per heavy atom. The second kappa shape index (κ2) is 15.7. The van der Waals surface area contributed by atoms with Crippen LogP contribution in [0.1, 0.15) is 88.0 Å². The molecule has 3 aromatic rings. The van der Waals surface area contributed by atoms with Crippen LogP contribution in [0.15, 0.2) is 48.5 Å². The van der Waals surface area contributed by atoms with Crippen molar-refractivity contribution in [1.29, 1.82) is 0 Å². The van der Waals surface area contributed by atoms with E-state index < -0.39 is 58.7 Å². The zero-order chi connectivity index (χ0) is 34.4. The number of hydrogen-bond donors (Lipinski definition) is 3. The average Bonchev–Trinajstić information content (AvgIpc) is 3.29. The lowest BCUT2D eigenvalue weighted by molar-refractivity contribution is -0.136. The number of rotatable bonds is 14. The van der Waals surface area contributed by atoms with Crippen LogP contribution in [0.4, 0.5) is 24.5 Å². The SMILES string of the molecule is O=C1CCC(N2C(=O)c3ccc(CCCCCCCCONC(=O)c4ccc(F)c(F)c4Nc4ccc(I)cc4F)cc3C2=O)C(=O)N1. The zero-order valence-electron chi connectivity index (χ0n) is 25.7. The molecule has 10 nitrogen and oxygen atoms in total. The van der Waals surface area contributed by atoms with Crippen molar-refractivity contribution in [3.63, 3.8) is 0 Å². The van der Waals surface area contributed by atoms with Crippen molar-refractivity contribution in [2.75, 3.05) is 11.9 Å². The molecule has 1 atom stereocenters. The van der Waals surface area contributed by atoms with Crippen LogP contribution in [0.2, 0.25) is 0 Å². The maximum Gasteiger partial charge on any atom is 0.277 e. The Morgan fingerprint density at radius 2 is 1.60 bits per heavy atom. The van der Waals surface area contributed by atoms with Crippen molar-refractivity contribution in [3.8, 4) is 0 Å². The molecule has 3 aromatic carbocycles. The summed E-state index contributed by atoms with van der Waals surface area (Å²) in [5, 5.41) is 4.66. The monoisotopic (exact) mass is 776 g/mol. The topological polar surface area (TPSA) is 134 Å². The molecule has 2 aliphatic heterocycles. The van der Waals surface area contributed by atoms with Gasteiger partial charge in [-0.15, -0.1) is 0 Å². The number of hydroxylamine groups is 1. The minimum atomic E-state index is -1.32. The highest BCUT2D eigenvalue weighted by molar-refractivity contribution is 14.1. The number of aryl methyl sites for hydroxylation is 1. The van der Waals surface area contributed by atoms with Crippen molar-refractivity contribution >= 4 is 63.5 Å². The third kappa shape index (κ3) is 8.03. The predicted molar refractivity (Wildman–Crippen MR) is 177 cm³/mol. The van der Waals surface area contributed by atoms with Crippen LogP contribution >= 0.6 is 22.6 Å². The quantitative estimate of drug-likeness (QED) is 0.0781. The first-order valence-electron chi connectivity index (χ1n) is 15.5. The first-order valence-corrected chi connectivity index (χ1v) is 16.6. The van der Waals surface area contributed by atoms with Crippen molar-refractivity contribution < 1.29 is 42.0 Å². The number of anilines is 2. The van der Waals surface area contributed by atoms with E-state index in [0.717, 1.165) is 54.7 Å². The lowest BCUT2D eigenvalue weighted by Crippen LogP contribution is -2.54. The van der Waals surface area contributed by atoms with Gasteiger partial charge in [0.05, 0.1) is 34.7 Å². The number of piperidine rings is 1. The Labute approximate surface area is 287 Å². The molecule has 252 valence electrons. The first kappa shape index (κ1) is 35.0. The molecule has 0 aliphatic carbocycles. The van der Waals surface area contributed by atoms with Crippen LogP contribution < -0.4 is 16.1 Å². The summed E-state index contributed by atoms with van der Waals surface area (Å²) in [7, 11) is 0. The Kier molecular flexibility index (Phi) is 11.5. The van der Waals surface area contributed by atoms with Gasteiger partial charge in [0.15, 0.2) is 11.6 Å². The van der Waals surface area contributed by atoms with Crippen LogP contribution in [0.25, 0.3) is 0 Å². The van der Waals surface area contributed by atoms with Gasteiger partial charge >= 0.3 is 0 Å². The zero-order valence-corrected chi connectivity index (χ0v) is 27.8. The number of carbonyl (C=O) groups is 5. The lowest BCUT2D eigenvalue weighted by Gasteiger charge is -2.27. The molecule has 0 radical (unpaired) electrons. The van der Waals surface area contributed by atoms with Gasteiger partial charge in [-0.1, -0.05) is 31.7 Å². The van der Waals surface area contributed by atoms with E-state index in [1.807, 2.05) is 28.7 Å². The number of amides is 5. The molecule has 3 N–H and O–H groups in total. The smallest absolute Gasteiger partial charge is 0.277 e. The molecule has 5 amide bonds. The molecule has 48 heavy (non-hydrogen) atoms. The molecular formula is C34H32F3IN4O6. The van der Waals surface area contributed by atoms with Gasteiger partial charge in [-0.2, -0.15) is 0 Å². The number of halogens is 4. The summed E-state index contributed by atoms with van der Waals surface area (Å²) in [5.74, 6) is -6.14. The highest BCUT2D eigenvalue weighted by Crippen LogP contribution is 2.30. The third-order valence-electron chi connectivity index (χ3n) is 8.16. The largest absolute Gasteiger partial charge is 0.350 e. The van der Waals surface area contributed by atoms with Gasteiger partial charge < -0.3 is 5.32 Å². The van der Waals surface area contributed by atoms with Crippen LogP contribution in [0.5, 0.6) is 0 Å². The summed E-state index contributed by atoms with van der Waals surface area (Å²) in [6, 6.07) is 10.2. The second-order valence-corrected chi connectivity index (χ2v) is 12.8. The standard InChI is InChI=1S/C34H32F3IN4O6/c35-24-12-11-22(30(29(24)37)39-26-13-9-20(38)18-25(26)36)31(44)41-48-16-6-4-2-1-3-5-7-19-8-10-21-23(17-19)34(47)42(33(21)46)27-14-15-28(43)40-32(27)45/h8-13,17-18,27,39H,1-7,14-16H2,(H,41,44)(H,40,43,45). The predicted octanol–water partition coefficient (Wildman–Crippen LogP) is 6.10. The summed E-state index contributed by atoms with van der Waals surface area (Å²) in [6.45, 7) is 0.196. The van der Waals surface area contributed by atoms with Gasteiger partial charge in [0.2, 0.25) is 11.8 Å². The summed E-state index contributed by atoms with van der Waals surface area (Å²) < 4.78 is 43.4. The maximum absolute atomic E-state index is 14.6. The van der Waals surface area contributed by atoms with E-state index in [9.17, 15) is 37.1 Å². The number of imide groups is 2. The second-order valence-electron chi connectivity index (χ2n) is 11.5. The molecular weight excluding hydrogens is 744 g/mol. The highest BCUT2D eigenvalue weighted by atomic mass is 127. The molecule has 0 spiro atoms. The van der Waals surface area contributed by atoms with E-state index in [4.69, 9.17) is 4.84 Å². The lowest BCUT2D eigenvalue weighted by atomic mass is 10.0. The molecule has 0 aromatic heterocycles. The van der Waals surface area contributed by atoms with Crippen LogP contribution in [0, 0.1) is 21.0 Å². The van der Waals surface area contributed by atoms with Gasteiger partial charge in [-0.05, 0) is 96.3 Å².